The summed E-state index contributed by atoms with van der Waals surface area (Å²) in [6.45, 7) is 6.37. The van der Waals surface area contributed by atoms with Crippen LogP contribution in [0.25, 0.3) is 0 Å². The first-order valence-corrected chi connectivity index (χ1v) is 6.31. The maximum Gasteiger partial charge on any atom is 0.330 e. The Morgan fingerprint density at radius 2 is 2.00 bits per heavy atom. The molecule has 0 unspecified atom stereocenters. The number of likely N-dealkylation sites (tertiary alicyclic amines) is 1. The van der Waals surface area contributed by atoms with E-state index in [4.69, 9.17) is 0 Å². The van der Waals surface area contributed by atoms with Gasteiger partial charge in [0.05, 0.1) is 0 Å². The number of piperidine rings is 1. The zero-order valence-corrected chi connectivity index (χ0v) is 10.6. The summed E-state index contributed by atoms with van der Waals surface area (Å²) in [4.78, 5) is 25.2. The number of carbonyl (C=O) groups excluding carboxylic acids is 1. The van der Waals surface area contributed by atoms with Crippen molar-refractivity contribution >= 4 is 11.9 Å². The molecule has 0 aromatic carbocycles. The molecule has 1 heterocycles. The van der Waals surface area contributed by atoms with Gasteiger partial charge in [0.25, 0.3) is 0 Å². The maximum absolute atomic E-state index is 11.8. The number of hydrogen-bond donors (Lipinski definition) is 1. The first-order valence-electron chi connectivity index (χ1n) is 6.31. The fourth-order valence-corrected chi connectivity index (χ4v) is 5.10. The molecule has 2 aliphatic carbocycles. The fraction of sp³-hybridized carbons (Fsp3) is 0.846. The molecule has 2 saturated carbocycles. The molecule has 94 valence electrons. The van der Waals surface area contributed by atoms with Crippen molar-refractivity contribution in [1.82, 2.24) is 4.90 Å². The van der Waals surface area contributed by atoms with Gasteiger partial charge in [0.15, 0.2) is 0 Å². The van der Waals surface area contributed by atoms with E-state index in [-0.39, 0.29) is 16.7 Å². The SMILES string of the molecule is CC(=O)N1C[C@]2(C)[C@H]3CC[C@]2(C)[C@]1(C(=O)O)C3. The first-order chi connectivity index (χ1) is 7.79. The number of carboxylic acid groups (broad SMARTS) is 1. The van der Waals surface area contributed by atoms with Crippen LogP contribution in [0.3, 0.4) is 0 Å². The van der Waals surface area contributed by atoms with E-state index in [0.29, 0.717) is 18.9 Å². The average Bonchev–Trinajstić information content (AvgIpc) is 2.68. The lowest BCUT2D eigenvalue weighted by molar-refractivity contribution is -0.163. The Bertz CT molecular complexity index is 434. The molecule has 4 bridgehead atoms. The zero-order valence-electron chi connectivity index (χ0n) is 10.6. The van der Waals surface area contributed by atoms with Crippen molar-refractivity contribution in [1.29, 1.82) is 0 Å². The molecule has 3 fully saturated rings. The lowest BCUT2D eigenvalue weighted by atomic mass is 9.65. The molecule has 4 heteroatoms. The van der Waals surface area contributed by atoms with Gasteiger partial charge in [0.2, 0.25) is 5.91 Å². The maximum atomic E-state index is 11.8. The summed E-state index contributed by atoms with van der Waals surface area (Å²) in [7, 11) is 0. The summed E-state index contributed by atoms with van der Waals surface area (Å²) in [6.07, 6.45) is 2.70. The predicted octanol–water partition coefficient (Wildman–Crippen LogP) is 1.50. The van der Waals surface area contributed by atoms with E-state index < -0.39 is 11.5 Å². The van der Waals surface area contributed by atoms with E-state index in [0.717, 1.165) is 12.8 Å². The number of hydrogen-bond acceptors (Lipinski definition) is 2. The van der Waals surface area contributed by atoms with Gasteiger partial charge < -0.3 is 10.0 Å². The number of carboxylic acids is 1. The fourth-order valence-electron chi connectivity index (χ4n) is 5.10. The standard InChI is InChI=1S/C13H19NO3/c1-8(15)14-7-11(2)9-4-5-12(11,3)13(14,6-9)10(16)17/h9H,4-7H2,1-3H3,(H,16,17)/t9-,11+,12-,13+/m0/s1. The Morgan fingerprint density at radius 3 is 2.47 bits per heavy atom. The highest BCUT2D eigenvalue weighted by Gasteiger charge is 2.80. The minimum atomic E-state index is -0.934. The van der Waals surface area contributed by atoms with Gasteiger partial charge in [-0.1, -0.05) is 13.8 Å². The number of rotatable bonds is 1. The van der Waals surface area contributed by atoms with Gasteiger partial charge in [0.1, 0.15) is 5.54 Å². The monoisotopic (exact) mass is 237 g/mol. The van der Waals surface area contributed by atoms with Gasteiger partial charge in [-0.05, 0) is 30.6 Å². The summed E-state index contributed by atoms with van der Waals surface area (Å²) >= 11 is 0. The van der Waals surface area contributed by atoms with Crippen LogP contribution in [0.1, 0.15) is 40.0 Å². The van der Waals surface area contributed by atoms with E-state index in [1.54, 1.807) is 4.90 Å². The third-order valence-electron chi connectivity index (χ3n) is 6.29. The topological polar surface area (TPSA) is 57.6 Å². The summed E-state index contributed by atoms with van der Waals surface area (Å²) in [5, 5.41) is 9.72. The highest BCUT2D eigenvalue weighted by molar-refractivity contribution is 5.89. The molecule has 1 aliphatic heterocycles. The zero-order chi connectivity index (χ0) is 12.6. The van der Waals surface area contributed by atoms with E-state index in [1.807, 2.05) is 0 Å². The van der Waals surface area contributed by atoms with E-state index in [2.05, 4.69) is 13.8 Å². The van der Waals surface area contributed by atoms with E-state index in [1.165, 1.54) is 6.92 Å². The Labute approximate surface area is 101 Å². The average molecular weight is 237 g/mol. The van der Waals surface area contributed by atoms with Crippen LogP contribution >= 0.6 is 0 Å². The molecular formula is C13H19NO3. The van der Waals surface area contributed by atoms with Crippen molar-refractivity contribution in [3.05, 3.63) is 0 Å². The molecule has 1 N–H and O–H groups in total. The van der Waals surface area contributed by atoms with E-state index in [9.17, 15) is 14.7 Å². The number of amides is 1. The minimum absolute atomic E-state index is 0.00292. The molecule has 4 atom stereocenters. The van der Waals surface area contributed by atoms with Crippen LogP contribution in [-0.2, 0) is 9.59 Å². The van der Waals surface area contributed by atoms with Crippen molar-refractivity contribution in [2.24, 2.45) is 16.7 Å². The van der Waals surface area contributed by atoms with Crippen molar-refractivity contribution < 1.29 is 14.7 Å². The summed E-state index contributed by atoms with van der Waals surface area (Å²) < 4.78 is 0. The molecule has 1 saturated heterocycles. The molecule has 0 aromatic heterocycles. The number of nitrogens with zero attached hydrogens (tertiary/aromatic N) is 1. The Hall–Kier alpha value is -1.06. The van der Waals surface area contributed by atoms with Crippen molar-refractivity contribution in [2.45, 2.75) is 45.6 Å². The molecule has 1 amide bonds. The lowest BCUT2D eigenvalue weighted by Crippen LogP contribution is -2.60. The second kappa shape index (κ2) is 2.68. The Morgan fingerprint density at radius 1 is 1.35 bits per heavy atom. The van der Waals surface area contributed by atoms with Crippen LogP contribution in [0.2, 0.25) is 0 Å². The Kier molecular flexibility index (Phi) is 1.74. The third-order valence-corrected chi connectivity index (χ3v) is 6.29. The molecule has 17 heavy (non-hydrogen) atoms. The van der Waals surface area contributed by atoms with Gasteiger partial charge in [0, 0.05) is 18.9 Å². The summed E-state index contributed by atoms with van der Waals surface area (Å²) in [5.41, 5.74) is -1.18. The van der Waals surface area contributed by atoms with Gasteiger partial charge in [-0.15, -0.1) is 0 Å². The predicted molar refractivity (Wildman–Crippen MR) is 61.3 cm³/mol. The third kappa shape index (κ3) is 0.829. The second-order valence-corrected chi connectivity index (χ2v) is 6.46. The van der Waals surface area contributed by atoms with Crippen LogP contribution in [0, 0.1) is 16.7 Å². The van der Waals surface area contributed by atoms with Crippen LogP contribution in [0.5, 0.6) is 0 Å². The van der Waals surface area contributed by atoms with Crippen LogP contribution < -0.4 is 0 Å². The van der Waals surface area contributed by atoms with Gasteiger partial charge in [-0.3, -0.25) is 4.79 Å². The molecule has 3 rings (SSSR count). The van der Waals surface area contributed by atoms with Crippen molar-refractivity contribution in [3.63, 3.8) is 0 Å². The molecular weight excluding hydrogens is 218 g/mol. The normalized spacial score (nSPS) is 51.0. The van der Waals surface area contributed by atoms with Crippen molar-refractivity contribution in [3.8, 4) is 0 Å². The lowest BCUT2D eigenvalue weighted by Gasteiger charge is -2.44. The molecule has 0 radical (unpaired) electrons. The quantitative estimate of drug-likeness (QED) is 0.752. The highest BCUT2D eigenvalue weighted by Crippen LogP contribution is 2.75. The summed E-state index contributed by atoms with van der Waals surface area (Å²) in [6, 6.07) is 0. The smallest absolute Gasteiger partial charge is 0.330 e. The second-order valence-electron chi connectivity index (χ2n) is 6.46. The van der Waals surface area contributed by atoms with Gasteiger partial charge in [-0.2, -0.15) is 0 Å². The van der Waals surface area contributed by atoms with Crippen LogP contribution in [0.4, 0.5) is 0 Å². The van der Waals surface area contributed by atoms with Crippen LogP contribution in [0.15, 0.2) is 0 Å². The highest BCUT2D eigenvalue weighted by atomic mass is 16.4. The van der Waals surface area contributed by atoms with Gasteiger partial charge in [-0.25, -0.2) is 4.79 Å². The van der Waals surface area contributed by atoms with E-state index >= 15 is 0 Å². The molecule has 4 nitrogen and oxygen atoms in total. The summed E-state index contributed by atoms with van der Waals surface area (Å²) in [5.74, 6) is -0.428. The molecule has 0 spiro atoms. The Balaban J connectivity index is 2.21. The molecule has 0 aromatic rings. The van der Waals surface area contributed by atoms with Crippen molar-refractivity contribution in [2.75, 3.05) is 6.54 Å². The minimum Gasteiger partial charge on any atom is -0.479 e. The van der Waals surface area contributed by atoms with Crippen LogP contribution in [-0.4, -0.2) is 34.0 Å². The first kappa shape index (κ1) is 11.1. The largest absolute Gasteiger partial charge is 0.479 e. The number of carbonyl (C=O) groups is 2. The number of aliphatic carboxylic acids is 1. The van der Waals surface area contributed by atoms with Gasteiger partial charge >= 0.3 is 5.97 Å². The molecule has 3 aliphatic rings.